The molecule has 1 aromatic heterocycles. The number of hydrogen-bond donors (Lipinski definition) is 2. The number of amides is 1. The lowest BCUT2D eigenvalue weighted by molar-refractivity contribution is -0.121. The second-order valence-electron chi connectivity index (χ2n) is 5.10. The number of thiophene rings is 1. The highest BCUT2D eigenvalue weighted by atomic mass is 79.9. The fraction of sp³-hybridized carbons (Fsp3) is 0.643. The Morgan fingerprint density at radius 1 is 1.65 bits per heavy atom. The molecule has 2 rings (SSSR count). The first-order chi connectivity index (χ1) is 9.69. The van der Waals surface area contributed by atoms with Crippen LogP contribution >= 0.6 is 27.3 Å². The molecule has 2 atom stereocenters. The van der Waals surface area contributed by atoms with E-state index in [2.05, 4.69) is 21.2 Å². The van der Waals surface area contributed by atoms with Crippen LogP contribution in [0.5, 0.6) is 0 Å². The van der Waals surface area contributed by atoms with Crippen LogP contribution in [0.15, 0.2) is 15.9 Å². The van der Waals surface area contributed by atoms with Gasteiger partial charge in [-0.15, -0.1) is 11.3 Å². The molecule has 2 N–H and O–H groups in total. The summed E-state index contributed by atoms with van der Waals surface area (Å²) in [6.07, 6.45) is 2.23. The van der Waals surface area contributed by atoms with Crippen LogP contribution in [0.4, 0.5) is 0 Å². The van der Waals surface area contributed by atoms with Gasteiger partial charge in [-0.05, 0) is 40.8 Å². The molecule has 1 saturated heterocycles. The number of aliphatic hydroxyl groups excluding tert-OH is 1. The summed E-state index contributed by atoms with van der Waals surface area (Å²) < 4.78 is 6.40. The molecule has 1 fully saturated rings. The average molecular weight is 362 g/mol. The number of halogens is 1. The zero-order valence-electron chi connectivity index (χ0n) is 11.3. The third-order valence-corrected chi connectivity index (χ3v) is 5.41. The Labute approximate surface area is 131 Å². The van der Waals surface area contributed by atoms with Crippen LogP contribution in [0.3, 0.4) is 0 Å². The smallest absolute Gasteiger partial charge is 0.220 e. The number of hydrogen-bond acceptors (Lipinski definition) is 4. The van der Waals surface area contributed by atoms with Crippen molar-refractivity contribution in [2.24, 2.45) is 11.8 Å². The van der Waals surface area contributed by atoms with Crippen molar-refractivity contribution in [2.75, 3.05) is 26.4 Å². The first kappa shape index (κ1) is 15.9. The van der Waals surface area contributed by atoms with E-state index in [4.69, 9.17) is 4.74 Å². The number of nitrogens with one attached hydrogen (secondary N) is 1. The van der Waals surface area contributed by atoms with Gasteiger partial charge in [0.25, 0.3) is 0 Å². The van der Waals surface area contributed by atoms with Crippen molar-refractivity contribution in [3.63, 3.8) is 0 Å². The molecule has 2 heterocycles. The monoisotopic (exact) mass is 361 g/mol. The van der Waals surface area contributed by atoms with Gasteiger partial charge in [0.05, 0.1) is 0 Å². The number of carbonyl (C=O) groups is 1. The molecular weight excluding hydrogens is 342 g/mol. The first-order valence-electron chi connectivity index (χ1n) is 6.87. The van der Waals surface area contributed by atoms with Crippen molar-refractivity contribution >= 4 is 33.2 Å². The molecule has 4 nitrogen and oxygen atoms in total. The highest BCUT2D eigenvalue weighted by molar-refractivity contribution is 9.10. The Hall–Kier alpha value is -0.430. The summed E-state index contributed by atoms with van der Waals surface area (Å²) in [6, 6.07) is 2.05. The molecule has 1 aliphatic heterocycles. The normalized spacial score (nSPS) is 20.0. The van der Waals surface area contributed by atoms with E-state index in [0.717, 1.165) is 23.9 Å². The van der Waals surface area contributed by atoms with Gasteiger partial charge in [0.2, 0.25) is 5.91 Å². The number of rotatable bonds is 7. The molecule has 0 saturated carbocycles. The fourth-order valence-electron chi connectivity index (χ4n) is 2.36. The van der Waals surface area contributed by atoms with Crippen molar-refractivity contribution in [3.05, 3.63) is 20.8 Å². The highest BCUT2D eigenvalue weighted by Crippen LogP contribution is 2.22. The van der Waals surface area contributed by atoms with Gasteiger partial charge in [0.15, 0.2) is 0 Å². The molecule has 1 aromatic rings. The van der Waals surface area contributed by atoms with Gasteiger partial charge in [-0.1, -0.05) is 0 Å². The number of ether oxygens (including phenoxy) is 1. The quantitative estimate of drug-likeness (QED) is 0.782. The maximum atomic E-state index is 11.8. The number of carbonyl (C=O) groups excluding carboxylic acids is 1. The molecule has 1 aliphatic rings. The number of aryl methyl sites for hydroxylation is 1. The van der Waals surface area contributed by atoms with E-state index in [1.54, 1.807) is 11.3 Å². The van der Waals surface area contributed by atoms with Crippen LogP contribution < -0.4 is 5.32 Å². The minimum Gasteiger partial charge on any atom is -0.396 e. The lowest BCUT2D eigenvalue weighted by atomic mass is 9.92. The predicted octanol–water partition coefficient (Wildman–Crippen LogP) is 2.20. The minimum absolute atomic E-state index is 0.0480. The number of aliphatic hydroxyl groups is 1. The second-order valence-corrected chi connectivity index (χ2v) is 7.01. The molecule has 0 aromatic carbocycles. The van der Waals surface area contributed by atoms with Crippen molar-refractivity contribution < 1.29 is 14.6 Å². The third-order valence-electron chi connectivity index (χ3n) is 3.65. The van der Waals surface area contributed by atoms with Gasteiger partial charge in [0, 0.05) is 53.4 Å². The molecule has 0 radical (unpaired) electrons. The summed E-state index contributed by atoms with van der Waals surface area (Å²) in [7, 11) is 0. The van der Waals surface area contributed by atoms with E-state index in [9.17, 15) is 9.90 Å². The Morgan fingerprint density at radius 2 is 2.50 bits per heavy atom. The SMILES string of the molecule is O=C(CCc1cc(Br)cs1)NCC(CO)C1CCOC1. The van der Waals surface area contributed by atoms with Gasteiger partial charge in [-0.25, -0.2) is 0 Å². The molecule has 0 spiro atoms. The predicted molar refractivity (Wildman–Crippen MR) is 82.9 cm³/mol. The zero-order valence-corrected chi connectivity index (χ0v) is 13.7. The first-order valence-corrected chi connectivity index (χ1v) is 8.54. The van der Waals surface area contributed by atoms with Crippen LogP contribution in [0.25, 0.3) is 0 Å². The van der Waals surface area contributed by atoms with Gasteiger partial charge in [-0.2, -0.15) is 0 Å². The van der Waals surface area contributed by atoms with Crippen molar-refractivity contribution in [3.8, 4) is 0 Å². The molecular formula is C14H20BrNO3S. The Morgan fingerprint density at radius 3 is 3.10 bits per heavy atom. The fourth-order valence-corrected chi connectivity index (χ4v) is 3.81. The molecule has 6 heteroatoms. The summed E-state index contributed by atoms with van der Waals surface area (Å²) in [4.78, 5) is 13.0. The molecule has 2 unspecified atom stereocenters. The highest BCUT2D eigenvalue weighted by Gasteiger charge is 2.25. The second kappa shape index (κ2) is 8.12. The molecule has 20 heavy (non-hydrogen) atoms. The van der Waals surface area contributed by atoms with Crippen LogP contribution in [-0.4, -0.2) is 37.4 Å². The Bertz CT molecular complexity index is 432. The largest absolute Gasteiger partial charge is 0.396 e. The summed E-state index contributed by atoms with van der Waals surface area (Å²) in [5, 5.41) is 14.3. The Kier molecular flexibility index (Phi) is 6.48. The maximum Gasteiger partial charge on any atom is 0.220 e. The summed E-state index contributed by atoms with van der Waals surface area (Å²) >= 11 is 5.06. The van der Waals surface area contributed by atoms with Crippen LogP contribution in [0.2, 0.25) is 0 Å². The average Bonchev–Trinajstić information content (AvgIpc) is 3.09. The maximum absolute atomic E-state index is 11.8. The van der Waals surface area contributed by atoms with Gasteiger partial charge >= 0.3 is 0 Å². The molecule has 0 bridgehead atoms. The Balaban J connectivity index is 1.68. The summed E-state index contributed by atoms with van der Waals surface area (Å²) in [5.41, 5.74) is 0. The standard InChI is InChI=1S/C14H20BrNO3S/c15-12-5-13(20-9-12)1-2-14(18)16-6-11(7-17)10-3-4-19-8-10/h5,9-11,17H,1-4,6-8H2,(H,16,18). The molecule has 0 aliphatic carbocycles. The van der Waals surface area contributed by atoms with E-state index in [1.807, 2.05) is 11.4 Å². The van der Waals surface area contributed by atoms with Crippen molar-refractivity contribution in [1.29, 1.82) is 0 Å². The van der Waals surface area contributed by atoms with E-state index in [0.29, 0.717) is 25.5 Å². The lowest BCUT2D eigenvalue weighted by Crippen LogP contribution is -2.34. The van der Waals surface area contributed by atoms with Crippen molar-refractivity contribution in [2.45, 2.75) is 19.3 Å². The molecule has 112 valence electrons. The van der Waals surface area contributed by atoms with Crippen LogP contribution in [-0.2, 0) is 16.0 Å². The van der Waals surface area contributed by atoms with Crippen LogP contribution in [0.1, 0.15) is 17.7 Å². The lowest BCUT2D eigenvalue weighted by Gasteiger charge is -2.20. The van der Waals surface area contributed by atoms with E-state index < -0.39 is 0 Å². The van der Waals surface area contributed by atoms with E-state index in [-0.39, 0.29) is 18.4 Å². The van der Waals surface area contributed by atoms with Gasteiger partial charge in [0.1, 0.15) is 0 Å². The van der Waals surface area contributed by atoms with Gasteiger partial charge in [-0.3, -0.25) is 4.79 Å². The minimum atomic E-state index is 0.0480. The topological polar surface area (TPSA) is 58.6 Å². The summed E-state index contributed by atoms with van der Waals surface area (Å²) in [6.45, 7) is 2.11. The van der Waals surface area contributed by atoms with Gasteiger partial charge < -0.3 is 15.2 Å². The van der Waals surface area contributed by atoms with Crippen molar-refractivity contribution in [1.82, 2.24) is 5.32 Å². The molecule has 1 amide bonds. The summed E-state index contributed by atoms with van der Waals surface area (Å²) in [5.74, 6) is 0.526. The third kappa shape index (κ3) is 4.84. The van der Waals surface area contributed by atoms with E-state index >= 15 is 0 Å². The van der Waals surface area contributed by atoms with E-state index in [1.165, 1.54) is 4.88 Å². The van der Waals surface area contributed by atoms with Crippen LogP contribution in [0, 0.1) is 11.8 Å². The zero-order chi connectivity index (χ0) is 14.4.